The number of rotatable bonds is 7. The predicted molar refractivity (Wildman–Crippen MR) is 94.8 cm³/mol. The number of non-ortho nitro benzene ring substituents is 1. The maximum atomic E-state index is 11.7. The van der Waals surface area contributed by atoms with E-state index in [0.29, 0.717) is 22.4 Å². The number of hydrogen-bond donors (Lipinski definition) is 1. The molecule has 0 spiro atoms. The van der Waals surface area contributed by atoms with Gasteiger partial charge in [-0.1, -0.05) is 25.1 Å². The number of benzene rings is 1. The van der Waals surface area contributed by atoms with Crippen LogP contribution < -0.4 is 5.56 Å². The summed E-state index contributed by atoms with van der Waals surface area (Å²) in [6, 6.07) is 7.35. The molecule has 0 bridgehead atoms. The molecule has 9 nitrogen and oxygen atoms in total. The van der Waals surface area contributed by atoms with Crippen molar-refractivity contribution in [1.29, 1.82) is 0 Å². The molecular formula is C16H15N5O4S. The van der Waals surface area contributed by atoms with Crippen LogP contribution in [-0.4, -0.2) is 25.1 Å². The first-order chi connectivity index (χ1) is 12.5. The van der Waals surface area contributed by atoms with Crippen LogP contribution in [0, 0.1) is 10.1 Å². The summed E-state index contributed by atoms with van der Waals surface area (Å²) in [5.41, 5.74) is 1.14. The monoisotopic (exact) mass is 373 g/mol. The quantitative estimate of drug-likeness (QED) is 0.290. The van der Waals surface area contributed by atoms with Gasteiger partial charge in [-0.2, -0.15) is 0 Å². The van der Waals surface area contributed by atoms with Crippen molar-refractivity contribution in [3.05, 3.63) is 62.4 Å². The van der Waals surface area contributed by atoms with E-state index in [9.17, 15) is 14.9 Å². The Kier molecular flexibility index (Phi) is 5.42. The molecule has 2 heterocycles. The van der Waals surface area contributed by atoms with E-state index in [1.54, 1.807) is 12.1 Å². The van der Waals surface area contributed by atoms with Crippen molar-refractivity contribution in [1.82, 2.24) is 20.2 Å². The molecule has 2 aromatic heterocycles. The second kappa shape index (κ2) is 7.91. The highest BCUT2D eigenvalue weighted by Gasteiger charge is 2.12. The van der Waals surface area contributed by atoms with Crippen molar-refractivity contribution in [3.8, 4) is 11.5 Å². The van der Waals surface area contributed by atoms with Crippen LogP contribution in [0.1, 0.15) is 24.9 Å². The Morgan fingerprint density at radius 1 is 1.27 bits per heavy atom. The zero-order valence-electron chi connectivity index (χ0n) is 13.8. The number of nitro groups is 1. The van der Waals surface area contributed by atoms with E-state index in [2.05, 4.69) is 20.2 Å². The van der Waals surface area contributed by atoms with Gasteiger partial charge in [0, 0.05) is 29.5 Å². The number of thioether (sulfide) groups is 1. The molecule has 0 radical (unpaired) electrons. The van der Waals surface area contributed by atoms with Gasteiger partial charge in [0.25, 0.3) is 11.2 Å². The molecule has 0 aliphatic rings. The number of aromatic amines is 1. The highest BCUT2D eigenvalue weighted by Crippen LogP contribution is 2.24. The van der Waals surface area contributed by atoms with Gasteiger partial charge in [0.15, 0.2) is 5.16 Å². The number of aromatic nitrogens is 4. The van der Waals surface area contributed by atoms with Crippen LogP contribution in [-0.2, 0) is 12.2 Å². The zero-order valence-corrected chi connectivity index (χ0v) is 14.7. The number of aryl methyl sites for hydroxylation is 1. The van der Waals surface area contributed by atoms with Crippen molar-refractivity contribution in [2.45, 2.75) is 30.7 Å². The second-order valence-corrected chi connectivity index (χ2v) is 6.35. The molecule has 0 amide bonds. The van der Waals surface area contributed by atoms with E-state index in [-0.39, 0.29) is 17.1 Å². The minimum Gasteiger partial charge on any atom is -0.420 e. The normalized spacial score (nSPS) is 10.8. The third-order valence-electron chi connectivity index (χ3n) is 3.40. The molecule has 0 atom stereocenters. The molecule has 1 N–H and O–H groups in total. The highest BCUT2D eigenvalue weighted by molar-refractivity contribution is 7.98. The maximum Gasteiger partial charge on any atom is 0.269 e. The highest BCUT2D eigenvalue weighted by atomic mass is 32.2. The standard InChI is InChI=1S/C16H15N5O4S/c1-2-3-11-8-13(22)18-16(17-11)26-9-14-19-20-15(25-14)10-4-6-12(7-5-10)21(23)24/h4-8H,2-3,9H2,1H3,(H,17,18,22). The van der Waals surface area contributed by atoms with Crippen LogP contribution in [0.25, 0.3) is 11.5 Å². The molecule has 0 saturated carbocycles. The summed E-state index contributed by atoms with van der Waals surface area (Å²) in [6.45, 7) is 2.02. The molecule has 3 rings (SSSR count). The third-order valence-corrected chi connectivity index (χ3v) is 4.26. The molecule has 0 unspecified atom stereocenters. The maximum absolute atomic E-state index is 11.7. The number of nitro benzene ring substituents is 1. The van der Waals surface area contributed by atoms with Gasteiger partial charge < -0.3 is 9.40 Å². The van der Waals surface area contributed by atoms with Gasteiger partial charge in [-0.05, 0) is 18.6 Å². The van der Waals surface area contributed by atoms with Crippen molar-refractivity contribution in [3.63, 3.8) is 0 Å². The van der Waals surface area contributed by atoms with Crippen LogP contribution >= 0.6 is 11.8 Å². The van der Waals surface area contributed by atoms with Gasteiger partial charge in [0.1, 0.15) is 0 Å². The van der Waals surface area contributed by atoms with E-state index in [1.807, 2.05) is 6.92 Å². The lowest BCUT2D eigenvalue weighted by molar-refractivity contribution is -0.384. The molecular weight excluding hydrogens is 358 g/mol. The third kappa shape index (κ3) is 4.33. The van der Waals surface area contributed by atoms with Gasteiger partial charge in [0.05, 0.1) is 10.7 Å². The van der Waals surface area contributed by atoms with Crippen LogP contribution in [0.4, 0.5) is 5.69 Å². The average molecular weight is 373 g/mol. The first kappa shape index (κ1) is 17.8. The molecule has 10 heteroatoms. The molecule has 0 fully saturated rings. The summed E-state index contributed by atoms with van der Waals surface area (Å²) >= 11 is 1.29. The Bertz CT molecular complexity index is 967. The topological polar surface area (TPSA) is 128 Å². The minimum atomic E-state index is -0.472. The summed E-state index contributed by atoms with van der Waals surface area (Å²) in [5.74, 6) is 0.988. The zero-order chi connectivity index (χ0) is 18.5. The van der Waals surface area contributed by atoms with Gasteiger partial charge in [-0.3, -0.25) is 14.9 Å². The van der Waals surface area contributed by atoms with E-state index < -0.39 is 4.92 Å². The Hall–Kier alpha value is -3.01. The smallest absolute Gasteiger partial charge is 0.269 e. The van der Waals surface area contributed by atoms with Crippen LogP contribution in [0.15, 0.2) is 44.7 Å². The molecule has 0 aliphatic heterocycles. The summed E-state index contributed by atoms with van der Waals surface area (Å²) < 4.78 is 5.57. The SMILES string of the molecule is CCCc1cc(=O)[nH]c(SCc2nnc(-c3ccc([N+](=O)[O-])cc3)o2)n1. The van der Waals surface area contributed by atoms with Crippen molar-refractivity contribution >= 4 is 17.4 Å². The van der Waals surface area contributed by atoms with Crippen LogP contribution in [0.5, 0.6) is 0 Å². The number of nitrogens with zero attached hydrogens (tertiary/aromatic N) is 4. The first-order valence-corrected chi connectivity index (χ1v) is 8.84. The lowest BCUT2D eigenvalue weighted by Crippen LogP contribution is -2.09. The number of nitrogens with one attached hydrogen (secondary N) is 1. The lowest BCUT2D eigenvalue weighted by atomic mass is 10.2. The molecule has 1 aromatic carbocycles. The Morgan fingerprint density at radius 3 is 2.73 bits per heavy atom. The van der Waals surface area contributed by atoms with Crippen molar-refractivity contribution in [2.24, 2.45) is 0 Å². The van der Waals surface area contributed by atoms with Crippen LogP contribution in [0.3, 0.4) is 0 Å². The molecule has 134 valence electrons. The summed E-state index contributed by atoms with van der Waals surface area (Å²) in [7, 11) is 0. The lowest BCUT2D eigenvalue weighted by Gasteiger charge is -2.01. The molecule has 26 heavy (non-hydrogen) atoms. The van der Waals surface area contributed by atoms with Crippen molar-refractivity contribution < 1.29 is 9.34 Å². The van der Waals surface area contributed by atoms with E-state index in [4.69, 9.17) is 4.42 Å². The summed E-state index contributed by atoms with van der Waals surface area (Å²) in [5, 5.41) is 19.1. The second-order valence-electron chi connectivity index (χ2n) is 5.39. The number of H-pyrrole nitrogens is 1. The Labute approximate surface area is 152 Å². The van der Waals surface area contributed by atoms with Gasteiger partial charge >= 0.3 is 0 Å². The fourth-order valence-electron chi connectivity index (χ4n) is 2.22. The minimum absolute atomic E-state index is 0.00830. The predicted octanol–water partition coefficient (Wildman–Crippen LogP) is 2.97. The Morgan fingerprint density at radius 2 is 2.04 bits per heavy atom. The van der Waals surface area contributed by atoms with E-state index in [0.717, 1.165) is 18.5 Å². The summed E-state index contributed by atoms with van der Waals surface area (Å²) in [4.78, 5) is 28.9. The Balaban J connectivity index is 1.69. The van der Waals surface area contributed by atoms with Gasteiger partial charge in [0.2, 0.25) is 11.8 Å². The first-order valence-electron chi connectivity index (χ1n) is 7.85. The van der Waals surface area contributed by atoms with E-state index >= 15 is 0 Å². The largest absolute Gasteiger partial charge is 0.420 e. The molecule has 0 aliphatic carbocycles. The van der Waals surface area contributed by atoms with Gasteiger partial charge in [-0.15, -0.1) is 10.2 Å². The average Bonchev–Trinajstić information content (AvgIpc) is 3.09. The van der Waals surface area contributed by atoms with Gasteiger partial charge in [-0.25, -0.2) is 4.98 Å². The fourth-order valence-corrected chi connectivity index (χ4v) is 2.95. The summed E-state index contributed by atoms with van der Waals surface area (Å²) in [6.07, 6.45) is 1.64. The van der Waals surface area contributed by atoms with Crippen molar-refractivity contribution in [2.75, 3.05) is 0 Å². The van der Waals surface area contributed by atoms with E-state index in [1.165, 1.54) is 30.0 Å². The van der Waals surface area contributed by atoms with Crippen LogP contribution in [0.2, 0.25) is 0 Å². The number of hydrogen-bond acceptors (Lipinski definition) is 8. The molecule has 3 aromatic rings. The molecule has 0 saturated heterocycles. The fraction of sp³-hybridized carbons (Fsp3) is 0.250.